The van der Waals surface area contributed by atoms with Gasteiger partial charge in [-0.3, -0.25) is 4.79 Å². The number of rotatable bonds is 7. The second-order valence-corrected chi connectivity index (χ2v) is 5.87. The fourth-order valence-electron chi connectivity index (χ4n) is 1.66. The van der Waals surface area contributed by atoms with Crippen molar-refractivity contribution in [1.29, 1.82) is 0 Å². The summed E-state index contributed by atoms with van der Waals surface area (Å²) in [7, 11) is 4.03. The van der Waals surface area contributed by atoms with Gasteiger partial charge in [-0.2, -0.15) is 0 Å². The standard InChI is InChI=1S/C14H19N5OS/c1-19(2)8-7-15-12-5-6-13(18-17-12)16-14(20)10-11-4-3-9-21-11/h3-6,9H,7-8,10H2,1-2H3,(H,15,17)(H,16,18,20). The summed E-state index contributed by atoms with van der Waals surface area (Å²) in [4.78, 5) is 14.9. The van der Waals surface area contributed by atoms with E-state index in [2.05, 4.69) is 25.7 Å². The molecule has 0 aliphatic heterocycles. The van der Waals surface area contributed by atoms with Crippen molar-refractivity contribution < 1.29 is 4.79 Å². The lowest BCUT2D eigenvalue weighted by Gasteiger charge is -2.10. The van der Waals surface area contributed by atoms with Crippen LogP contribution in [0.3, 0.4) is 0 Å². The van der Waals surface area contributed by atoms with Crippen molar-refractivity contribution in [2.75, 3.05) is 37.8 Å². The van der Waals surface area contributed by atoms with E-state index in [0.29, 0.717) is 18.1 Å². The van der Waals surface area contributed by atoms with E-state index in [4.69, 9.17) is 0 Å². The van der Waals surface area contributed by atoms with Gasteiger partial charge >= 0.3 is 0 Å². The minimum atomic E-state index is -0.0833. The fourth-order valence-corrected chi connectivity index (χ4v) is 2.36. The molecule has 112 valence electrons. The van der Waals surface area contributed by atoms with Crippen LogP contribution < -0.4 is 10.6 Å². The Kier molecular flexibility index (Phi) is 5.65. The highest BCUT2D eigenvalue weighted by atomic mass is 32.1. The minimum Gasteiger partial charge on any atom is -0.367 e. The fraction of sp³-hybridized carbons (Fsp3) is 0.357. The minimum absolute atomic E-state index is 0.0833. The quantitative estimate of drug-likeness (QED) is 0.814. The number of carbonyl (C=O) groups excluding carboxylic acids is 1. The maximum atomic E-state index is 11.8. The molecule has 0 saturated carbocycles. The Morgan fingerprint density at radius 3 is 2.62 bits per heavy atom. The molecule has 0 spiro atoms. The summed E-state index contributed by atoms with van der Waals surface area (Å²) in [5.41, 5.74) is 0. The van der Waals surface area contributed by atoms with E-state index in [1.807, 2.05) is 37.7 Å². The molecule has 2 heterocycles. The second-order valence-electron chi connectivity index (χ2n) is 4.84. The van der Waals surface area contributed by atoms with E-state index < -0.39 is 0 Å². The van der Waals surface area contributed by atoms with Crippen LogP contribution in [0.2, 0.25) is 0 Å². The van der Waals surface area contributed by atoms with E-state index in [1.165, 1.54) is 0 Å². The lowest BCUT2D eigenvalue weighted by atomic mass is 10.3. The van der Waals surface area contributed by atoms with Crippen molar-refractivity contribution in [2.45, 2.75) is 6.42 Å². The molecule has 0 unspecified atom stereocenters. The van der Waals surface area contributed by atoms with Gasteiger partial charge in [0.25, 0.3) is 0 Å². The van der Waals surface area contributed by atoms with Gasteiger partial charge < -0.3 is 15.5 Å². The number of hydrogen-bond acceptors (Lipinski definition) is 6. The van der Waals surface area contributed by atoms with Crippen LogP contribution in [0.4, 0.5) is 11.6 Å². The number of anilines is 2. The van der Waals surface area contributed by atoms with Gasteiger partial charge in [0.1, 0.15) is 5.82 Å². The summed E-state index contributed by atoms with van der Waals surface area (Å²) in [5, 5.41) is 15.9. The molecule has 2 aromatic heterocycles. The summed E-state index contributed by atoms with van der Waals surface area (Å²) in [6, 6.07) is 7.43. The maximum absolute atomic E-state index is 11.8. The van der Waals surface area contributed by atoms with Gasteiger partial charge in [-0.1, -0.05) is 6.07 Å². The first-order valence-electron chi connectivity index (χ1n) is 6.68. The van der Waals surface area contributed by atoms with Gasteiger partial charge in [0.15, 0.2) is 5.82 Å². The Balaban J connectivity index is 1.80. The lowest BCUT2D eigenvalue weighted by molar-refractivity contribution is -0.115. The van der Waals surface area contributed by atoms with Crippen molar-refractivity contribution in [1.82, 2.24) is 15.1 Å². The third kappa shape index (κ3) is 5.49. The predicted octanol–water partition coefficient (Wildman–Crippen LogP) is 1.69. The Labute approximate surface area is 128 Å². The zero-order valence-electron chi connectivity index (χ0n) is 12.2. The zero-order chi connectivity index (χ0) is 15.1. The Hall–Kier alpha value is -1.99. The highest BCUT2D eigenvalue weighted by molar-refractivity contribution is 7.10. The topological polar surface area (TPSA) is 70.2 Å². The van der Waals surface area contributed by atoms with E-state index in [0.717, 1.165) is 18.0 Å². The van der Waals surface area contributed by atoms with Crippen LogP contribution in [0.5, 0.6) is 0 Å². The Bertz CT molecular complexity index is 553. The molecule has 0 atom stereocenters. The number of thiophene rings is 1. The van der Waals surface area contributed by atoms with Crippen LogP contribution >= 0.6 is 11.3 Å². The molecular formula is C14H19N5OS. The summed E-state index contributed by atoms with van der Waals surface area (Å²) >= 11 is 1.56. The summed E-state index contributed by atoms with van der Waals surface area (Å²) < 4.78 is 0. The highest BCUT2D eigenvalue weighted by Crippen LogP contribution is 2.11. The first-order chi connectivity index (χ1) is 10.1. The largest absolute Gasteiger partial charge is 0.367 e. The Morgan fingerprint density at radius 1 is 1.24 bits per heavy atom. The van der Waals surface area contributed by atoms with E-state index in [1.54, 1.807) is 17.4 Å². The molecule has 2 rings (SSSR count). The van der Waals surface area contributed by atoms with Gasteiger partial charge in [-0.15, -0.1) is 21.5 Å². The molecule has 1 amide bonds. The number of aromatic nitrogens is 2. The molecule has 0 saturated heterocycles. The van der Waals surface area contributed by atoms with Gasteiger partial charge in [0.2, 0.25) is 5.91 Å². The monoisotopic (exact) mass is 305 g/mol. The lowest BCUT2D eigenvalue weighted by Crippen LogP contribution is -2.21. The summed E-state index contributed by atoms with van der Waals surface area (Å²) in [6.45, 7) is 1.72. The molecule has 2 N–H and O–H groups in total. The molecule has 6 nitrogen and oxygen atoms in total. The second kappa shape index (κ2) is 7.70. The summed E-state index contributed by atoms with van der Waals surface area (Å²) in [5.74, 6) is 1.09. The van der Waals surface area contributed by atoms with Crippen molar-refractivity contribution in [3.05, 3.63) is 34.5 Å². The first-order valence-corrected chi connectivity index (χ1v) is 7.56. The van der Waals surface area contributed by atoms with E-state index in [9.17, 15) is 4.79 Å². The molecule has 0 bridgehead atoms. The molecule has 0 aliphatic carbocycles. The van der Waals surface area contributed by atoms with Gasteiger partial charge in [-0.05, 0) is 37.7 Å². The number of likely N-dealkylation sites (N-methyl/N-ethyl adjacent to an activating group) is 1. The number of nitrogens with one attached hydrogen (secondary N) is 2. The van der Waals surface area contributed by atoms with Crippen LogP contribution in [-0.4, -0.2) is 48.2 Å². The summed E-state index contributed by atoms with van der Waals surface area (Å²) in [6.07, 6.45) is 0.363. The van der Waals surface area contributed by atoms with Crippen LogP contribution in [0, 0.1) is 0 Å². The maximum Gasteiger partial charge on any atom is 0.230 e. The van der Waals surface area contributed by atoms with Crippen molar-refractivity contribution in [3.63, 3.8) is 0 Å². The predicted molar refractivity (Wildman–Crippen MR) is 85.7 cm³/mol. The molecule has 0 radical (unpaired) electrons. The first kappa shape index (κ1) is 15.4. The molecular weight excluding hydrogens is 286 g/mol. The van der Waals surface area contributed by atoms with Crippen molar-refractivity contribution >= 4 is 28.9 Å². The van der Waals surface area contributed by atoms with Gasteiger partial charge in [-0.25, -0.2) is 0 Å². The molecule has 2 aromatic rings. The van der Waals surface area contributed by atoms with Crippen LogP contribution in [0.1, 0.15) is 4.88 Å². The molecule has 0 aliphatic rings. The number of amides is 1. The third-order valence-corrected chi connectivity index (χ3v) is 3.59. The van der Waals surface area contributed by atoms with Crippen LogP contribution in [-0.2, 0) is 11.2 Å². The molecule has 0 aromatic carbocycles. The smallest absolute Gasteiger partial charge is 0.230 e. The molecule has 0 fully saturated rings. The number of nitrogens with zero attached hydrogens (tertiary/aromatic N) is 3. The molecule has 7 heteroatoms. The number of carbonyl (C=O) groups is 1. The number of hydrogen-bond donors (Lipinski definition) is 2. The van der Waals surface area contributed by atoms with Gasteiger partial charge in [0, 0.05) is 18.0 Å². The molecule has 21 heavy (non-hydrogen) atoms. The average molecular weight is 305 g/mol. The zero-order valence-corrected chi connectivity index (χ0v) is 13.0. The van der Waals surface area contributed by atoms with Gasteiger partial charge in [0.05, 0.1) is 6.42 Å². The van der Waals surface area contributed by atoms with E-state index in [-0.39, 0.29) is 5.91 Å². The van der Waals surface area contributed by atoms with Crippen molar-refractivity contribution in [2.24, 2.45) is 0 Å². The van der Waals surface area contributed by atoms with Crippen LogP contribution in [0.25, 0.3) is 0 Å². The van der Waals surface area contributed by atoms with E-state index >= 15 is 0 Å². The highest BCUT2D eigenvalue weighted by Gasteiger charge is 2.06. The SMILES string of the molecule is CN(C)CCNc1ccc(NC(=O)Cc2cccs2)nn1. The van der Waals surface area contributed by atoms with Crippen molar-refractivity contribution in [3.8, 4) is 0 Å². The van der Waals surface area contributed by atoms with Crippen LogP contribution in [0.15, 0.2) is 29.6 Å². The Morgan fingerprint density at radius 2 is 2.00 bits per heavy atom. The average Bonchev–Trinajstić information content (AvgIpc) is 2.93. The third-order valence-electron chi connectivity index (χ3n) is 2.71. The normalized spacial score (nSPS) is 10.6.